The fraction of sp³-hybridized carbons (Fsp3) is 0.263. The Labute approximate surface area is 162 Å². The summed E-state index contributed by atoms with van der Waals surface area (Å²) in [6.45, 7) is 6.84. The molecule has 7 nitrogen and oxygen atoms in total. The Hall–Kier alpha value is -2.77. The van der Waals surface area contributed by atoms with E-state index in [0.717, 1.165) is 0 Å². The van der Waals surface area contributed by atoms with Crippen LogP contribution in [0.3, 0.4) is 0 Å². The van der Waals surface area contributed by atoms with Crippen LogP contribution in [0.4, 0.5) is 0 Å². The number of nitrogens with zero attached hydrogens (tertiary/aromatic N) is 3. The Bertz CT molecular complexity index is 944. The predicted molar refractivity (Wildman–Crippen MR) is 103 cm³/mol. The van der Waals surface area contributed by atoms with E-state index in [9.17, 15) is 9.59 Å². The van der Waals surface area contributed by atoms with Crippen molar-refractivity contribution < 1.29 is 19.1 Å². The van der Waals surface area contributed by atoms with Gasteiger partial charge in [0.2, 0.25) is 5.91 Å². The van der Waals surface area contributed by atoms with Gasteiger partial charge in [0.05, 0.1) is 24.8 Å². The van der Waals surface area contributed by atoms with Crippen LogP contribution in [0.25, 0.3) is 16.6 Å². The minimum atomic E-state index is -0.509. The topological polar surface area (TPSA) is 83.3 Å². The molecule has 2 rings (SSSR count). The number of hydrogen-bond donors (Lipinski definition) is 0. The molecule has 0 radical (unpaired) electrons. The van der Waals surface area contributed by atoms with Gasteiger partial charge in [-0.25, -0.2) is 14.8 Å². The van der Waals surface area contributed by atoms with Gasteiger partial charge in [0.25, 0.3) is 0 Å². The highest BCUT2D eigenvalue weighted by Gasteiger charge is 2.19. The highest BCUT2D eigenvalue weighted by atomic mass is 35.5. The largest absolute Gasteiger partial charge is 0.467 e. The third-order valence-corrected chi connectivity index (χ3v) is 3.94. The second-order valence-electron chi connectivity index (χ2n) is 5.49. The molecule has 0 atom stereocenters. The van der Waals surface area contributed by atoms with Crippen molar-refractivity contribution in [1.29, 1.82) is 0 Å². The number of allylic oxidation sites excluding steroid dienone is 5. The molecule has 0 amide bonds. The predicted octanol–water partition coefficient (Wildman–Crippen LogP) is 3.58. The zero-order valence-electron chi connectivity index (χ0n) is 15.4. The molecule has 0 aliphatic heterocycles. The number of hydrogen-bond acceptors (Lipinski definition) is 6. The second-order valence-corrected chi connectivity index (χ2v) is 5.84. The molecule has 2 aromatic rings. The van der Waals surface area contributed by atoms with Crippen LogP contribution >= 0.6 is 11.6 Å². The SMILES string of the molecule is C=C/C(=C\C=C/C)c1nc(Cl)c2cc(COCC(=O)OC)n(C(C)=O)c2n1. The van der Waals surface area contributed by atoms with Crippen molar-refractivity contribution in [3.05, 3.63) is 53.6 Å². The number of aromatic nitrogens is 3. The van der Waals surface area contributed by atoms with E-state index in [1.54, 1.807) is 18.2 Å². The quantitative estimate of drug-likeness (QED) is 0.409. The molecule has 0 fully saturated rings. The lowest BCUT2D eigenvalue weighted by Crippen LogP contribution is -2.14. The van der Waals surface area contributed by atoms with E-state index >= 15 is 0 Å². The normalized spacial score (nSPS) is 11.9. The zero-order chi connectivity index (χ0) is 20.0. The summed E-state index contributed by atoms with van der Waals surface area (Å²) in [7, 11) is 1.27. The number of carbonyl (C=O) groups is 2. The van der Waals surface area contributed by atoms with Crippen molar-refractivity contribution in [3.8, 4) is 0 Å². The molecule has 27 heavy (non-hydrogen) atoms. The van der Waals surface area contributed by atoms with Gasteiger partial charge < -0.3 is 9.47 Å². The Morgan fingerprint density at radius 1 is 1.37 bits per heavy atom. The Balaban J connectivity index is 2.53. The van der Waals surface area contributed by atoms with Crippen LogP contribution in [0.15, 0.2) is 36.9 Å². The number of rotatable bonds is 7. The summed E-state index contributed by atoms with van der Waals surface area (Å²) in [6, 6.07) is 1.67. The van der Waals surface area contributed by atoms with Crippen LogP contribution in [0.2, 0.25) is 5.15 Å². The van der Waals surface area contributed by atoms with Gasteiger partial charge >= 0.3 is 5.97 Å². The highest BCUT2D eigenvalue weighted by Crippen LogP contribution is 2.27. The van der Waals surface area contributed by atoms with Gasteiger partial charge in [-0.3, -0.25) is 9.36 Å². The Morgan fingerprint density at radius 3 is 2.70 bits per heavy atom. The molecule has 0 saturated carbocycles. The molecule has 142 valence electrons. The summed E-state index contributed by atoms with van der Waals surface area (Å²) >= 11 is 6.32. The van der Waals surface area contributed by atoms with E-state index in [4.69, 9.17) is 16.3 Å². The maximum atomic E-state index is 12.2. The Kier molecular flexibility index (Phi) is 7.04. The first-order valence-electron chi connectivity index (χ1n) is 8.12. The summed E-state index contributed by atoms with van der Waals surface area (Å²) < 4.78 is 11.2. The van der Waals surface area contributed by atoms with Gasteiger partial charge in [0.15, 0.2) is 11.5 Å². The van der Waals surface area contributed by atoms with E-state index in [2.05, 4.69) is 21.3 Å². The number of methoxy groups -OCH3 is 1. The molecule has 0 saturated heterocycles. The van der Waals surface area contributed by atoms with Crippen LogP contribution < -0.4 is 0 Å². The molecular weight excluding hydrogens is 370 g/mol. The number of fused-ring (bicyclic) bond motifs is 1. The average Bonchev–Trinajstić information content (AvgIpc) is 3.01. The summed E-state index contributed by atoms with van der Waals surface area (Å²) in [5.74, 6) is -0.423. The summed E-state index contributed by atoms with van der Waals surface area (Å²) in [4.78, 5) is 32.2. The lowest BCUT2D eigenvalue weighted by molar-refractivity contribution is -0.146. The summed E-state index contributed by atoms with van der Waals surface area (Å²) in [5, 5.41) is 0.721. The van der Waals surface area contributed by atoms with Crippen LogP contribution in [-0.4, -0.2) is 40.1 Å². The fourth-order valence-corrected chi connectivity index (χ4v) is 2.63. The highest BCUT2D eigenvalue weighted by molar-refractivity contribution is 6.34. The number of ether oxygens (including phenoxy) is 2. The maximum absolute atomic E-state index is 12.2. The summed E-state index contributed by atoms with van der Waals surface area (Å²) in [5.41, 5.74) is 1.53. The van der Waals surface area contributed by atoms with E-state index in [1.807, 2.05) is 19.1 Å². The zero-order valence-corrected chi connectivity index (χ0v) is 16.1. The molecule has 0 unspecified atom stereocenters. The van der Waals surface area contributed by atoms with E-state index in [1.165, 1.54) is 18.6 Å². The minimum absolute atomic E-state index is 0.0133. The van der Waals surface area contributed by atoms with E-state index in [0.29, 0.717) is 28.1 Å². The van der Waals surface area contributed by atoms with Crippen LogP contribution in [0.5, 0.6) is 0 Å². The lowest BCUT2D eigenvalue weighted by Gasteiger charge is -2.07. The van der Waals surface area contributed by atoms with Crippen molar-refractivity contribution >= 4 is 40.1 Å². The monoisotopic (exact) mass is 389 g/mol. The first-order valence-corrected chi connectivity index (χ1v) is 8.49. The van der Waals surface area contributed by atoms with E-state index < -0.39 is 5.97 Å². The molecule has 0 spiro atoms. The molecule has 0 aliphatic rings. The van der Waals surface area contributed by atoms with Crippen LogP contribution in [0, 0.1) is 0 Å². The van der Waals surface area contributed by atoms with Gasteiger partial charge in [-0.2, -0.15) is 0 Å². The molecular formula is C19H20ClN3O4. The Morgan fingerprint density at radius 2 is 2.11 bits per heavy atom. The average molecular weight is 390 g/mol. The standard InChI is InChI=1S/C19H20ClN3O4/c1-5-7-8-13(6-2)18-21-17(20)15-9-14(10-27-11-16(25)26-4)23(12(3)24)19(15)22-18/h5-9H,2,10-11H2,1,3-4H3/b7-5-,13-8+. The first kappa shape index (κ1) is 20.5. The van der Waals surface area contributed by atoms with Crippen LogP contribution in [0.1, 0.15) is 30.2 Å². The van der Waals surface area contributed by atoms with Crippen LogP contribution in [-0.2, 0) is 20.9 Å². The van der Waals surface area contributed by atoms with E-state index in [-0.39, 0.29) is 24.3 Å². The van der Waals surface area contributed by atoms with Gasteiger partial charge in [-0.1, -0.05) is 42.5 Å². The molecule has 8 heteroatoms. The minimum Gasteiger partial charge on any atom is -0.467 e. The van der Waals surface area contributed by atoms with Crippen molar-refractivity contribution in [1.82, 2.24) is 14.5 Å². The smallest absolute Gasteiger partial charge is 0.331 e. The van der Waals surface area contributed by atoms with Gasteiger partial charge in [-0.15, -0.1) is 0 Å². The number of carbonyl (C=O) groups excluding carboxylic acids is 2. The van der Waals surface area contributed by atoms with Crippen molar-refractivity contribution in [2.75, 3.05) is 13.7 Å². The van der Waals surface area contributed by atoms with Gasteiger partial charge in [0, 0.05) is 12.5 Å². The molecule has 0 aromatic carbocycles. The van der Waals surface area contributed by atoms with Gasteiger partial charge in [-0.05, 0) is 13.0 Å². The molecule has 2 aromatic heterocycles. The van der Waals surface area contributed by atoms with Crippen molar-refractivity contribution in [2.24, 2.45) is 0 Å². The van der Waals surface area contributed by atoms with Crippen molar-refractivity contribution in [2.45, 2.75) is 20.5 Å². The third kappa shape index (κ3) is 4.69. The first-order chi connectivity index (χ1) is 12.9. The number of halogens is 1. The van der Waals surface area contributed by atoms with Gasteiger partial charge in [0.1, 0.15) is 11.8 Å². The molecule has 0 N–H and O–H groups in total. The number of esters is 1. The fourth-order valence-electron chi connectivity index (χ4n) is 2.41. The maximum Gasteiger partial charge on any atom is 0.331 e. The molecule has 0 bridgehead atoms. The lowest BCUT2D eigenvalue weighted by atomic mass is 10.2. The summed E-state index contributed by atoms with van der Waals surface area (Å²) in [6.07, 6.45) is 7.10. The third-order valence-electron chi connectivity index (χ3n) is 3.65. The molecule has 2 heterocycles. The second kappa shape index (κ2) is 9.25. The molecule has 0 aliphatic carbocycles. The van der Waals surface area contributed by atoms with Crippen molar-refractivity contribution in [3.63, 3.8) is 0 Å².